The van der Waals surface area contributed by atoms with Crippen LogP contribution in [-0.4, -0.2) is 11.9 Å². The van der Waals surface area contributed by atoms with Crippen molar-refractivity contribution in [2.45, 2.75) is 25.9 Å². The van der Waals surface area contributed by atoms with E-state index in [1.165, 1.54) is 0 Å². The molecular weight excluding hydrogens is 204 g/mol. The number of nitrogens with two attached hydrogens (primary N) is 1. The van der Waals surface area contributed by atoms with Crippen LogP contribution in [0.25, 0.3) is 0 Å². The third kappa shape index (κ3) is 3.40. The van der Waals surface area contributed by atoms with Crippen molar-refractivity contribution >= 4 is 18.3 Å². The van der Waals surface area contributed by atoms with Gasteiger partial charge in [0.2, 0.25) is 5.91 Å². The van der Waals surface area contributed by atoms with Crippen LogP contribution in [-0.2, 0) is 4.79 Å². The average molecular weight is 219 g/mol. The minimum atomic E-state index is -0.477. The number of nitrogens with one attached hydrogen (secondary N) is 1. The zero-order valence-corrected chi connectivity index (χ0v) is 9.01. The molecule has 2 atom stereocenters. The largest absolute Gasteiger partial charge is 0.472 e. The van der Waals surface area contributed by atoms with E-state index in [-0.39, 0.29) is 24.4 Å². The molecule has 0 aliphatic heterocycles. The maximum Gasteiger partial charge on any atom is 0.237 e. The van der Waals surface area contributed by atoms with Crippen LogP contribution < -0.4 is 11.1 Å². The highest BCUT2D eigenvalue weighted by Crippen LogP contribution is 2.11. The first kappa shape index (κ1) is 13.0. The van der Waals surface area contributed by atoms with Crippen LogP contribution in [0.2, 0.25) is 0 Å². The summed E-state index contributed by atoms with van der Waals surface area (Å²) in [6.45, 7) is 3.53. The van der Waals surface area contributed by atoms with Crippen molar-refractivity contribution in [2.24, 2.45) is 5.73 Å². The molecule has 3 N–H and O–H groups in total. The lowest BCUT2D eigenvalue weighted by atomic mass is 10.2. The molecule has 4 nitrogen and oxygen atoms in total. The quantitative estimate of drug-likeness (QED) is 0.802. The summed E-state index contributed by atoms with van der Waals surface area (Å²) >= 11 is 0. The third-order valence-corrected chi connectivity index (χ3v) is 1.82. The molecule has 1 heterocycles. The van der Waals surface area contributed by atoms with Crippen molar-refractivity contribution in [1.29, 1.82) is 0 Å². The summed E-state index contributed by atoms with van der Waals surface area (Å²) in [7, 11) is 0. The van der Waals surface area contributed by atoms with Gasteiger partial charge in [-0.25, -0.2) is 0 Å². The SMILES string of the molecule is CC(NC(=O)[C@@H](C)N)c1ccoc1.Cl. The summed E-state index contributed by atoms with van der Waals surface area (Å²) in [6, 6.07) is 1.28. The second-order valence-electron chi connectivity index (χ2n) is 3.08. The third-order valence-electron chi connectivity index (χ3n) is 1.82. The van der Waals surface area contributed by atoms with Crippen LogP contribution >= 0.6 is 12.4 Å². The Morgan fingerprint density at radius 1 is 1.57 bits per heavy atom. The number of halogens is 1. The molecule has 1 amide bonds. The van der Waals surface area contributed by atoms with Crippen LogP contribution in [0.5, 0.6) is 0 Å². The van der Waals surface area contributed by atoms with Gasteiger partial charge in [0, 0.05) is 5.56 Å². The van der Waals surface area contributed by atoms with Gasteiger partial charge in [0.05, 0.1) is 24.6 Å². The van der Waals surface area contributed by atoms with Gasteiger partial charge in [-0.2, -0.15) is 0 Å². The van der Waals surface area contributed by atoms with Gasteiger partial charge in [0.15, 0.2) is 0 Å². The standard InChI is InChI=1S/C9H14N2O2.ClH/c1-6(10)9(12)11-7(2)8-3-4-13-5-8;/h3-7H,10H2,1-2H3,(H,11,12);1H/t6-,7?;/m1./s1. The second-order valence-corrected chi connectivity index (χ2v) is 3.08. The number of hydrogen-bond acceptors (Lipinski definition) is 3. The molecule has 0 aliphatic carbocycles. The van der Waals surface area contributed by atoms with E-state index in [9.17, 15) is 4.79 Å². The number of carbonyl (C=O) groups is 1. The summed E-state index contributed by atoms with van der Waals surface area (Å²) < 4.78 is 4.90. The van der Waals surface area contributed by atoms with Crippen molar-refractivity contribution in [3.63, 3.8) is 0 Å². The fourth-order valence-electron chi connectivity index (χ4n) is 0.950. The fraction of sp³-hybridized carbons (Fsp3) is 0.444. The highest BCUT2D eigenvalue weighted by molar-refractivity contribution is 5.85. The summed E-state index contributed by atoms with van der Waals surface area (Å²) in [5.41, 5.74) is 6.34. The number of amides is 1. The van der Waals surface area contributed by atoms with E-state index in [1.54, 1.807) is 19.5 Å². The first-order valence-electron chi connectivity index (χ1n) is 4.19. The number of hydrogen-bond donors (Lipinski definition) is 2. The number of carbonyl (C=O) groups excluding carboxylic acids is 1. The summed E-state index contributed by atoms with van der Waals surface area (Å²) in [6.07, 6.45) is 3.18. The van der Waals surface area contributed by atoms with Crippen LogP contribution in [0.3, 0.4) is 0 Å². The zero-order chi connectivity index (χ0) is 9.84. The Labute approximate surface area is 89.3 Å². The fourth-order valence-corrected chi connectivity index (χ4v) is 0.950. The molecule has 1 aromatic heterocycles. The van der Waals surface area contributed by atoms with E-state index < -0.39 is 6.04 Å². The predicted octanol–water partition coefficient (Wildman–Crippen LogP) is 1.23. The van der Waals surface area contributed by atoms with E-state index in [2.05, 4.69) is 5.32 Å². The van der Waals surface area contributed by atoms with E-state index >= 15 is 0 Å². The molecule has 0 saturated carbocycles. The maximum atomic E-state index is 11.2. The van der Waals surface area contributed by atoms with Gasteiger partial charge in [-0.05, 0) is 19.9 Å². The summed E-state index contributed by atoms with van der Waals surface area (Å²) in [4.78, 5) is 11.2. The molecule has 1 unspecified atom stereocenters. The Hall–Kier alpha value is -1.00. The monoisotopic (exact) mass is 218 g/mol. The first-order chi connectivity index (χ1) is 6.11. The Kier molecular flexibility index (Phi) is 5.27. The van der Waals surface area contributed by atoms with Crippen molar-refractivity contribution in [2.75, 3.05) is 0 Å². The van der Waals surface area contributed by atoms with Crippen LogP contribution in [0, 0.1) is 0 Å². The van der Waals surface area contributed by atoms with Crippen molar-refractivity contribution in [3.05, 3.63) is 24.2 Å². The van der Waals surface area contributed by atoms with E-state index in [4.69, 9.17) is 10.2 Å². The molecule has 0 fully saturated rings. The summed E-state index contributed by atoms with van der Waals surface area (Å²) in [5.74, 6) is -0.159. The number of rotatable bonds is 3. The second kappa shape index (κ2) is 5.67. The molecule has 0 aromatic carbocycles. The molecule has 80 valence electrons. The molecular formula is C9H15ClN2O2. The zero-order valence-electron chi connectivity index (χ0n) is 8.19. The van der Waals surface area contributed by atoms with Crippen molar-refractivity contribution in [3.8, 4) is 0 Å². The first-order valence-corrected chi connectivity index (χ1v) is 4.19. The van der Waals surface area contributed by atoms with Crippen LogP contribution in [0.1, 0.15) is 25.5 Å². The van der Waals surface area contributed by atoms with Crippen molar-refractivity contribution in [1.82, 2.24) is 5.32 Å². The van der Waals surface area contributed by atoms with Gasteiger partial charge in [0.25, 0.3) is 0 Å². The summed E-state index contributed by atoms with van der Waals surface area (Å²) in [5, 5.41) is 2.76. The molecule has 14 heavy (non-hydrogen) atoms. The molecule has 0 bridgehead atoms. The smallest absolute Gasteiger partial charge is 0.237 e. The van der Waals surface area contributed by atoms with Gasteiger partial charge in [0.1, 0.15) is 0 Å². The van der Waals surface area contributed by atoms with E-state index in [0.717, 1.165) is 5.56 Å². The Bertz CT molecular complexity index is 272. The minimum Gasteiger partial charge on any atom is -0.472 e. The molecule has 0 radical (unpaired) electrons. The normalized spacial score (nSPS) is 13.9. The maximum absolute atomic E-state index is 11.2. The topological polar surface area (TPSA) is 68.3 Å². The minimum absolute atomic E-state index is 0. The number of furan rings is 1. The van der Waals surface area contributed by atoms with Crippen LogP contribution in [0.4, 0.5) is 0 Å². The van der Waals surface area contributed by atoms with Gasteiger partial charge in [-0.1, -0.05) is 0 Å². The highest BCUT2D eigenvalue weighted by Gasteiger charge is 2.12. The Balaban J connectivity index is 0.00000169. The average Bonchev–Trinajstić information content (AvgIpc) is 2.55. The lowest BCUT2D eigenvalue weighted by molar-refractivity contribution is -0.122. The van der Waals surface area contributed by atoms with Gasteiger partial charge in [-0.15, -0.1) is 12.4 Å². The highest BCUT2D eigenvalue weighted by atomic mass is 35.5. The lowest BCUT2D eigenvalue weighted by Gasteiger charge is -2.13. The lowest BCUT2D eigenvalue weighted by Crippen LogP contribution is -2.39. The van der Waals surface area contributed by atoms with Gasteiger partial charge < -0.3 is 15.5 Å². The van der Waals surface area contributed by atoms with Crippen LogP contribution in [0.15, 0.2) is 23.0 Å². The molecule has 5 heteroatoms. The molecule has 1 rings (SSSR count). The van der Waals surface area contributed by atoms with E-state index in [1.807, 2.05) is 13.0 Å². The Morgan fingerprint density at radius 2 is 2.21 bits per heavy atom. The van der Waals surface area contributed by atoms with Gasteiger partial charge in [-0.3, -0.25) is 4.79 Å². The van der Waals surface area contributed by atoms with E-state index in [0.29, 0.717) is 0 Å². The van der Waals surface area contributed by atoms with Crippen molar-refractivity contribution < 1.29 is 9.21 Å². The molecule has 1 aromatic rings. The molecule has 0 saturated heterocycles. The van der Waals surface area contributed by atoms with Gasteiger partial charge >= 0.3 is 0 Å². The predicted molar refractivity (Wildman–Crippen MR) is 56.2 cm³/mol. The Morgan fingerprint density at radius 3 is 2.64 bits per heavy atom. The molecule has 0 spiro atoms. The molecule has 0 aliphatic rings.